The van der Waals surface area contributed by atoms with Gasteiger partial charge >= 0.3 is 0 Å². The van der Waals surface area contributed by atoms with Crippen molar-refractivity contribution in [3.8, 4) is 0 Å². The first-order chi connectivity index (χ1) is 14.1. The van der Waals surface area contributed by atoms with Gasteiger partial charge in [0.05, 0.1) is 49.2 Å². The van der Waals surface area contributed by atoms with Crippen molar-refractivity contribution in [2.24, 2.45) is 10.7 Å². The predicted octanol–water partition coefficient (Wildman–Crippen LogP) is 1.65. The molecule has 2 aliphatic heterocycles. The summed E-state index contributed by atoms with van der Waals surface area (Å²) < 4.78 is 19.3. The van der Waals surface area contributed by atoms with Crippen LogP contribution in [0.15, 0.2) is 35.8 Å². The predicted molar refractivity (Wildman–Crippen MR) is 106 cm³/mol. The van der Waals surface area contributed by atoms with Crippen molar-refractivity contribution < 1.29 is 13.9 Å². The maximum atomic E-state index is 14.3. The van der Waals surface area contributed by atoms with Gasteiger partial charge in [0.15, 0.2) is 5.82 Å². The molecule has 0 bridgehead atoms. The number of nitrogens with zero attached hydrogens (tertiary/aromatic N) is 5. The normalized spacial score (nSPS) is 17.8. The molecule has 9 nitrogen and oxygen atoms in total. The second-order valence-electron chi connectivity index (χ2n) is 6.69. The number of nitrogens with one attached hydrogen (secondary N) is 1. The first kappa shape index (κ1) is 18.9. The van der Waals surface area contributed by atoms with Crippen LogP contribution in [0.4, 0.5) is 21.7 Å². The quantitative estimate of drug-likeness (QED) is 0.712. The fourth-order valence-corrected chi connectivity index (χ4v) is 3.00. The second-order valence-corrected chi connectivity index (χ2v) is 6.69. The SMILES string of the molecule is N/C=C(\C=NC1COC1)c1nc(Nc2cncc(N3CCCC3=O)c2)ncc1F. The lowest BCUT2D eigenvalue weighted by Crippen LogP contribution is -2.31. The molecule has 2 aromatic heterocycles. The Kier molecular flexibility index (Phi) is 5.43. The number of aliphatic imine (C=N–C) groups is 1. The minimum atomic E-state index is -0.613. The van der Waals surface area contributed by atoms with E-state index in [1.807, 2.05) is 0 Å². The Bertz CT molecular complexity index is 975. The first-order valence-electron chi connectivity index (χ1n) is 9.22. The van der Waals surface area contributed by atoms with Crippen LogP contribution in [0.2, 0.25) is 0 Å². The summed E-state index contributed by atoms with van der Waals surface area (Å²) in [5.41, 5.74) is 7.30. The van der Waals surface area contributed by atoms with Crippen LogP contribution in [0.1, 0.15) is 18.5 Å². The number of rotatable bonds is 6. The molecule has 2 saturated heterocycles. The van der Waals surface area contributed by atoms with Crippen molar-refractivity contribution in [2.45, 2.75) is 18.9 Å². The van der Waals surface area contributed by atoms with Crippen LogP contribution in [-0.2, 0) is 9.53 Å². The molecule has 4 heterocycles. The summed E-state index contributed by atoms with van der Waals surface area (Å²) in [5.74, 6) is -0.371. The van der Waals surface area contributed by atoms with Crippen molar-refractivity contribution in [3.05, 3.63) is 42.4 Å². The van der Waals surface area contributed by atoms with Crippen LogP contribution in [0.3, 0.4) is 0 Å². The molecular weight excluding hydrogens is 377 g/mol. The Balaban J connectivity index is 1.54. The van der Waals surface area contributed by atoms with Crippen LogP contribution in [0.5, 0.6) is 0 Å². The number of hydrogen-bond acceptors (Lipinski definition) is 8. The second kappa shape index (κ2) is 8.31. The number of pyridine rings is 1. The maximum absolute atomic E-state index is 14.3. The zero-order valence-electron chi connectivity index (χ0n) is 15.6. The number of allylic oxidation sites excluding steroid dienone is 1. The summed E-state index contributed by atoms with van der Waals surface area (Å²) in [6.45, 7) is 1.74. The first-order valence-corrected chi connectivity index (χ1v) is 9.22. The molecule has 1 amide bonds. The number of carbonyl (C=O) groups excluding carboxylic acids is 1. The zero-order valence-corrected chi connectivity index (χ0v) is 15.6. The van der Waals surface area contributed by atoms with Crippen molar-refractivity contribution in [2.75, 3.05) is 30.0 Å². The Hall–Kier alpha value is -3.40. The van der Waals surface area contributed by atoms with E-state index in [9.17, 15) is 9.18 Å². The van der Waals surface area contributed by atoms with E-state index in [0.29, 0.717) is 43.1 Å². The molecule has 0 saturated carbocycles. The van der Waals surface area contributed by atoms with E-state index in [0.717, 1.165) is 12.6 Å². The largest absolute Gasteiger partial charge is 0.404 e. The van der Waals surface area contributed by atoms with Crippen molar-refractivity contribution in [3.63, 3.8) is 0 Å². The molecule has 2 fully saturated rings. The van der Waals surface area contributed by atoms with Gasteiger partial charge in [-0.05, 0) is 12.5 Å². The van der Waals surface area contributed by atoms with Crippen LogP contribution >= 0.6 is 0 Å². The van der Waals surface area contributed by atoms with Gasteiger partial charge < -0.3 is 20.7 Å². The number of amides is 1. The Labute approximate surface area is 166 Å². The molecule has 10 heteroatoms. The third-order valence-corrected chi connectivity index (χ3v) is 4.61. The molecular formula is C19H20FN7O2. The molecule has 0 spiro atoms. The van der Waals surface area contributed by atoms with Gasteiger partial charge in [-0.25, -0.2) is 14.4 Å². The van der Waals surface area contributed by atoms with E-state index in [1.54, 1.807) is 23.4 Å². The fourth-order valence-electron chi connectivity index (χ4n) is 3.00. The highest BCUT2D eigenvalue weighted by atomic mass is 19.1. The van der Waals surface area contributed by atoms with Gasteiger partial charge in [0.25, 0.3) is 0 Å². The van der Waals surface area contributed by atoms with Gasteiger partial charge in [0.1, 0.15) is 5.69 Å². The van der Waals surface area contributed by atoms with Crippen LogP contribution in [-0.4, -0.2) is 52.9 Å². The van der Waals surface area contributed by atoms with Gasteiger partial charge in [-0.1, -0.05) is 0 Å². The van der Waals surface area contributed by atoms with E-state index >= 15 is 0 Å². The van der Waals surface area contributed by atoms with Crippen molar-refractivity contribution in [1.29, 1.82) is 0 Å². The van der Waals surface area contributed by atoms with Gasteiger partial charge in [-0.3, -0.25) is 14.8 Å². The summed E-state index contributed by atoms with van der Waals surface area (Å²) in [4.78, 5) is 30.3. The van der Waals surface area contributed by atoms with Gasteiger partial charge in [0.2, 0.25) is 11.9 Å². The van der Waals surface area contributed by atoms with E-state index in [-0.39, 0.29) is 23.6 Å². The Morgan fingerprint density at radius 1 is 1.38 bits per heavy atom. The third-order valence-electron chi connectivity index (χ3n) is 4.61. The molecule has 2 aromatic rings. The molecule has 0 atom stereocenters. The molecule has 0 aliphatic carbocycles. The lowest BCUT2D eigenvalue weighted by atomic mass is 10.2. The number of anilines is 3. The Morgan fingerprint density at radius 2 is 2.24 bits per heavy atom. The number of nitrogens with two attached hydrogens (primary N) is 1. The summed E-state index contributed by atoms with van der Waals surface area (Å²) in [6, 6.07) is 1.83. The Morgan fingerprint density at radius 3 is 2.93 bits per heavy atom. The summed E-state index contributed by atoms with van der Waals surface area (Å²) in [6.07, 6.45) is 8.36. The van der Waals surface area contributed by atoms with E-state index in [2.05, 4.69) is 25.3 Å². The molecule has 150 valence electrons. The van der Waals surface area contributed by atoms with Gasteiger partial charge in [0, 0.05) is 31.0 Å². The van der Waals surface area contributed by atoms with Crippen molar-refractivity contribution in [1.82, 2.24) is 15.0 Å². The standard InChI is InChI=1S/C19H20FN7O2/c20-16-9-24-19(26-18(16)12(5-21)6-23-14-10-29-11-14)25-13-4-15(8-22-7-13)27-3-1-2-17(27)28/h4-9,14H,1-3,10-11,21H2,(H,24,25,26)/b12-5+,23-6?. The zero-order chi connectivity index (χ0) is 20.2. The van der Waals surface area contributed by atoms with Gasteiger partial charge in [-0.2, -0.15) is 0 Å². The van der Waals surface area contributed by atoms with Crippen LogP contribution < -0.4 is 16.0 Å². The highest BCUT2D eigenvalue weighted by Crippen LogP contribution is 2.25. The molecule has 4 rings (SSSR count). The van der Waals surface area contributed by atoms with E-state index < -0.39 is 5.82 Å². The third kappa shape index (κ3) is 4.21. The smallest absolute Gasteiger partial charge is 0.227 e. The highest BCUT2D eigenvalue weighted by Gasteiger charge is 2.22. The monoisotopic (exact) mass is 397 g/mol. The topological polar surface area (TPSA) is 119 Å². The lowest BCUT2D eigenvalue weighted by Gasteiger charge is -2.21. The average Bonchev–Trinajstić information content (AvgIpc) is 3.12. The highest BCUT2D eigenvalue weighted by molar-refractivity contribution is 6.09. The molecule has 2 aliphatic rings. The number of carbonyl (C=O) groups is 1. The molecule has 29 heavy (non-hydrogen) atoms. The number of hydrogen-bond donors (Lipinski definition) is 2. The summed E-state index contributed by atoms with van der Waals surface area (Å²) >= 11 is 0. The number of ether oxygens (including phenoxy) is 1. The minimum Gasteiger partial charge on any atom is -0.404 e. The maximum Gasteiger partial charge on any atom is 0.227 e. The van der Waals surface area contributed by atoms with Gasteiger partial charge in [-0.15, -0.1) is 0 Å². The van der Waals surface area contributed by atoms with Crippen LogP contribution in [0, 0.1) is 5.82 Å². The van der Waals surface area contributed by atoms with Crippen LogP contribution in [0.25, 0.3) is 5.57 Å². The molecule has 0 unspecified atom stereocenters. The lowest BCUT2D eigenvalue weighted by molar-refractivity contribution is -0.117. The minimum absolute atomic E-state index is 0.0350. The summed E-state index contributed by atoms with van der Waals surface area (Å²) in [5, 5.41) is 2.99. The summed E-state index contributed by atoms with van der Waals surface area (Å²) in [7, 11) is 0. The van der Waals surface area contributed by atoms with E-state index in [4.69, 9.17) is 10.5 Å². The molecule has 0 aromatic carbocycles. The molecule has 3 N–H and O–H groups in total. The van der Waals surface area contributed by atoms with Crippen molar-refractivity contribution >= 4 is 35.0 Å². The van der Waals surface area contributed by atoms with E-state index in [1.165, 1.54) is 12.4 Å². The average molecular weight is 397 g/mol. The fraction of sp³-hybridized carbons (Fsp3) is 0.316. The molecule has 0 radical (unpaired) electrons. The number of halogens is 1. The number of aromatic nitrogens is 3.